The van der Waals surface area contributed by atoms with Crippen molar-refractivity contribution in [1.82, 2.24) is 5.43 Å². The average Bonchev–Trinajstić information content (AvgIpc) is 3.26. The van der Waals surface area contributed by atoms with Crippen LogP contribution in [0.5, 0.6) is 0 Å². The lowest BCUT2D eigenvalue weighted by Gasteiger charge is -2.03. The Morgan fingerprint density at radius 2 is 2.08 bits per heavy atom. The predicted molar refractivity (Wildman–Crippen MR) is 95.2 cm³/mol. The summed E-state index contributed by atoms with van der Waals surface area (Å²) in [6.07, 6.45) is 1.41. The van der Waals surface area contributed by atoms with E-state index in [1.165, 1.54) is 23.6 Å². The van der Waals surface area contributed by atoms with E-state index >= 15 is 0 Å². The topological polar surface area (TPSA) is 91.9 Å². The van der Waals surface area contributed by atoms with E-state index in [-0.39, 0.29) is 11.5 Å². The van der Waals surface area contributed by atoms with Gasteiger partial charge in [-0.15, -0.1) is 11.3 Å². The largest absolute Gasteiger partial charge is 0.478 e. The maximum absolute atomic E-state index is 11.8. The number of hydrogen-bond acceptors (Lipinski definition) is 5. The quantitative estimate of drug-likeness (QED) is 0.539. The maximum atomic E-state index is 11.8. The molecule has 0 fully saturated rings. The monoisotopic (exact) mass is 354 g/mol. The van der Waals surface area contributed by atoms with E-state index in [0.29, 0.717) is 16.4 Å². The molecule has 2 aromatic heterocycles. The molecule has 6 nitrogen and oxygen atoms in total. The van der Waals surface area contributed by atoms with Crippen LogP contribution in [0.1, 0.15) is 31.4 Å². The second kappa shape index (κ2) is 7.14. The molecular formula is C18H14N2O4S. The summed E-state index contributed by atoms with van der Waals surface area (Å²) in [6, 6.07) is 11.8. The number of carboxylic acid groups (broad SMARTS) is 1. The second-order valence-electron chi connectivity index (χ2n) is 5.21. The number of nitrogens with one attached hydrogen (secondary N) is 1. The van der Waals surface area contributed by atoms with Gasteiger partial charge in [0, 0.05) is 5.56 Å². The van der Waals surface area contributed by atoms with E-state index < -0.39 is 5.97 Å². The minimum atomic E-state index is -0.969. The first kappa shape index (κ1) is 16.7. The first-order chi connectivity index (χ1) is 12.0. The fourth-order valence-electron chi connectivity index (χ4n) is 2.26. The highest BCUT2D eigenvalue weighted by Crippen LogP contribution is 2.26. The molecule has 0 atom stereocenters. The molecule has 0 saturated carbocycles. The zero-order chi connectivity index (χ0) is 17.8. The van der Waals surface area contributed by atoms with Crippen molar-refractivity contribution in [3.8, 4) is 11.3 Å². The fraction of sp³-hybridized carbons (Fsp3) is 0.0556. The molecule has 25 heavy (non-hydrogen) atoms. The summed E-state index contributed by atoms with van der Waals surface area (Å²) >= 11 is 1.33. The number of rotatable bonds is 5. The van der Waals surface area contributed by atoms with Crippen molar-refractivity contribution in [2.75, 3.05) is 0 Å². The van der Waals surface area contributed by atoms with Crippen LogP contribution in [0.15, 0.2) is 57.4 Å². The van der Waals surface area contributed by atoms with E-state index in [4.69, 9.17) is 9.52 Å². The summed E-state index contributed by atoms with van der Waals surface area (Å²) < 4.78 is 5.68. The van der Waals surface area contributed by atoms with Crippen molar-refractivity contribution in [1.29, 1.82) is 0 Å². The number of carboxylic acids is 1. The van der Waals surface area contributed by atoms with Crippen LogP contribution >= 0.6 is 11.3 Å². The third-order valence-electron chi connectivity index (χ3n) is 3.47. The molecule has 0 spiro atoms. The van der Waals surface area contributed by atoms with Crippen molar-refractivity contribution in [2.24, 2.45) is 5.10 Å². The van der Waals surface area contributed by atoms with Crippen LogP contribution in [-0.4, -0.2) is 23.2 Å². The lowest BCUT2D eigenvalue weighted by atomic mass is 10.0. The van der Waals surface area contributed by atoms with Gasteiger partial charge in [0.1, 0.15) is 11.5 Å². The molecule has 0 aliphatic heterocycles. The van der Waals surface area contributed by atoms with Crippen molar-refractivity contribution < 1.29 is 19.1 Å². The third kappa shape index (κ3) is 3.84. The molecule has 0 unspecified atom stereocenters. The number of thiophene rings is 1. The van der Waals surface area contributed by atoms with Gasteiger partial charge in [-0.3, -0.25) is 4.79 Å². The van der Waals surface area contributed by atoms with Crippen LogP contribution in [-0.2, 0) is 0 Å². The van der Waals surface area contributed by atoms with Crippen molar-refractivity contribution in [3.63, 3.8) is 0 Å². The molecule has 0 aliphatic carbocycles. The molecule has 1 amide bonds. The number of amides is 1. The molecule has 126 valence electrons. The van der Waals surface area contributed by atoms with Gasteiger partial charge in [-0.25, -0.2) is 10.2 Å². The van der Waals surface area contributed by atoms with Gasteiger partial charge in [0.2, 0.25) is 0 Å². The Hall–Kier alpha value is -3.19. The summed E-state index contributed by atoms with van der Waals surface area (Å²) in [7, 11) is 0. The molecule has 3 rings (SSSR count). The van der Waals surface area contributed by atoms with E-state index in [0.717, 1.165) is 11.1 Å². The van der Waals surface area contributed by atoms with E-state index in [1.807, 2.05) is 12.3 Å². The molecule has 0 radical (unpaired) electrons. The SMILES string of the molecule is Cc1cc(C(=O)O)ccc1-c1ccc(C=NNC(=O)c2cccs2)o1. The summed E-state index contributed by atoms with van der Waals surface area (Å²) in [5.74, 6) is -0.176. The second-order valence-corrected chi connectivity index (χ2v) is 6.16. The minimum Gasteiger partial charge on any atom is -0.478 e. The maximum Gasteiger partial charge on any atom is 0.335 e. The summed E-state index contributed by atoms with van der Waals surface area (Å²) in [6.45, 7) is 1.82. The van der Waals surface area contributed by atoms with Crippen LogP contribution in [0, 0.1) is 6.92 Å². The molecule has 7 heteroatoms. The Kier molecular flexibility index (Phi) is 4.76. The molecule has 0 aliphatic rings. The first-order valence-corrected chi connectivity index (χ1v) is 8.23. The smallest absolute Gasteiger partial charge is 0.335 e. The number of aromatic carboxylic acids is 1. The standard InChI is InChI=1S/C18H14N2O4S/c1-11-9-12(18(22)23)4-6-14(11)15-7-5-13(24-15)10-19-20-17(21)16-3-2-8-25-16/h2-10H,1H3,(H,20,21)(H,22,23). The third-order valence-corrected chi connectivity index (χ3v) is 4.34. The van der Waals surface area contributed by atoms with Gasteiger partial charge in [-0.2, -0.15) is 5.10 Å². The molecule has 3 aromatic rings. The van der Waals surface area contributed by atoms with Gasteiger partial charge in [0.25, 0.3) is 5.91 Å². The first-order valence-electron chi connectivity index (χ1n) is 7.35. The highest BCUT2D eigenvalue weighted by Gasteiger charge is 2.10. The Labute approximate surface area is 147 Å². The summed E-state index contributed by atoms with van der Waals surface area (Å²) in [5, 5.41) is 14.7. The lowest BCUT2D eigenvalue weighted by Crippen LogP contribution is -2.15. The molecular weight excluding hydrogens is 340 g/mol. The summed E-state index contributed by atoms with van der Waals surface area (Å²) in [5.41, 5.74) is 4.25. The fourth-order valence-corrected chi connectivity index (χ4v) is 2.87. The number of furan rings is 1. The van der Waals surface area contributed by atoms with Crippen molar-refractivity contribution in [2.45, 2.75) is 6.92 Å². The number of hydrogen-bond donors (Lipinski definition) is 2. The van der Waals surface area contributed by atoms with E-state index in [9.17, 15) is 9.59 Å². The van der Waals surface area contributed by atoms with Gasteiger partial charge >= 0.3 is 5.97 Å². The number of carbonyl (C=O) groups is 2. The van der Waals surface area contributed by atoms with Crippen LogP contribution < -0.4 is 5.43 Å². The average molecular weight is 354 g/mol. The highest BCUT2D eigenvalue weighted by molar-refractivity contribution is 7.12. The van der Waals surface area contributed by atoms with Crippen LogP contribution in [0.2, 0.25) is 0 Å². The predicted octanol–water partition coefficient (Wildman–Crippen LogP) is 3.78. The Balaban J connectivity index is 1.71. The lowest BCUT2D eigenvalue weighted by molar-refractivity contribution is 0.0696. The molecule has 1 aromatic carbocycles. The van der Waals surface area contributed by atoms with Gasteiger partial charge in [0.05, 0.1) is 16.7 Å². The number of benzene rings is 1. The highest BCUT2D eigenvalue weighted by atomic mass is 32.1. The van der Waals surface area contributed by atoms with E-state index in [1.54, 1.807) is 36.4 Å². The zero-order valence-corrected chi connectivity index (χ0v) is 14.0. The molecule has 2 heterocycles. The Morgan fingerprint density at radius 1 is 1.24 bits per heavy atom. The number of nitrogens with zero attached hydrogens (tertiary/aromatic N) is 1. The molecule has 0 saturated heterocycles. The molecule has 0 bridgehead atoms. The van der Waals surface area contributed by atoms with Crippen LogP contribution in [0.4, 0.5) is 0 Å². The number of aryl methyl sites for hydroxylation is 1. The zero-order valence-electron chi connectivity index (χ0n) is 13.2. The number of hydrazone groups is 1. The molecule has 2 N–H and O–H groups in total. The summed E-state index contributed by atoms with van der Waals surface area (Å²) in [4.78, 5) is 23.3. The van der Waals surface area contributed by atoms with Crippen LogP contribution in [0.3, 0.4) is 0 Å². The Bertz CT molecular complexity index is 942. The Morgan fingerprint density at radius 3 is 2.76 bits per heavy atom. The number of carbonyl (C=O) groups excluding carboxylic acids is 1. The minimum absolute atomic E-state index is 0.228. The van der Waals surface area contributed by atoms with Gasteiger partial charge in [-0.05, 0) is 48.2 Å². The van der Waals surface area contributed by atoms with Crippen molar-refractivity contribution in [3.05, 3.63) is 69.6 Å². The van der Waals surface area contributed by atoms with Gasteiger partial charge in [-0.1, -0.05) is 12.1 Å². The normalized spacial score (nSPS) is 10.9. The van der Waals surface area contributed by atoms with Crippen LogP contribution in [0.25, 0.3) is 11.3 Å². The van der Waals surface area contributed by atoms with E-state index in [2.05, 4.69) is 10.5 Å². The van der Waals surface area contributed by atoms with Gasteiger partial charge in [0.15, 0.2) is 0 Å². The van der Waals surface area contributed by atoms with Crippen molar-refractivity contribution >= 4 is 29.4 Å². The van der Waals surface area contributed by atoms with Gasteiger partial charge < -0.3 is 9.52 Å².